The molecule has 3 aromatic carbocycles. The molecule has 35 heavy (non-hydrogen) atoms. The Morgan fingerprint density at radius 2 is 1.37 bits per heavy atom. The highest BCUT2D eigenvalue weighted by atomic mass is 17.0. The first-order valence-corrected chi connectivity index (χ1v) is 11.0. The summed E-state index contributed by atoms with van der Waals surface area (Å²) in [6, 6.07) is 14.5. The van der Waals surface area contributed by atoms with Crippen LogP contribution in [0.25, 0.3) is 23.3 Å². The summed E-state index contributed by atoms with van der Waals surface area (Å²) in [6.45, 7) is 12.6. The lowest BCUT2D eigenvalue weighted by molar-refractivity contribution is 0.00677. The fraction of sp³-hybridized carbons (Fsp3) is 0.138. The highest BCUT2D eigenvalue weighted by Gasteiger charge is 2.28. The predicted octanol–water partition coefficient (Wildman–Crippen LogP) is 6.73. The lowest BCUT2D eigenvalue weighted by Gasteiger charge is -2.20. The molecule has 6 nitrogen and oxygen atoms in total. The largest absolute Gasteiger partial charge is 0.456 e. The van der Waals surface area contributed by atoms with Gasteiger partial charge in [-0.1, -0.05) is 61.7 Å². The number of ether oxygens (including phenoxy) is 1. The van der Waals surface area contributed by atoms with Gasteiger partial charge in [0.15, 0.2) is 11.6 Å². The van der Waals surface area contributed by atoms with Crippen LogP contribution in [0, 0.1) is 0 Å². The molecular formula is C29H24O6. The fourth-order valence-electron chi connectivity index (χ4n) is 3.60. The van der Waals surface area contributed by atoms with E-state index < -0.39 is 17.4 Å². The van der Waals surface area contributed by atoms with E-state index in [1.807, 2.05) is 0 Å². The van der Waals surface area contributed by atoms with Gasteiger partial charge in [-0.15, -0.1) is 0 Å². The van der Waals surface area contributed by atoms with E-state index in [1.165, 1.54) is 18.2 Å². The Morgan fingerprint density at radius 3 is 1.94 bits per heavy atom. The van der Waals surface area contributed by atoms with Gasteiger partial charge in [-0.25, -0.2) is 4.79 Å². The van der Waals surface area contributed by atoms with Crippen LogP contribution in [-0.2, 0) is 4.74 Å². The Kier molecular flexibility index (Phi) is 6.14. The first kappa shape index (κ1) is 23.7. The van der Waals surface area contributed by atoms with Gasteiger partial charge in [0.25, 0.3) is 0 Å². The number of esters is 1. The molecule has 4 rings (SSSR count). The Morgan fingerprint density at radius 1 is 0.743 bits per heavy atom. The molecule has 0 aliphatic heterocycles. The maximum absolute atomic E-state index is 13.6. The summed E-state index contributed by atoms with van der Waals surface area (Å²) in [5.74, 6) is -1.47. The van der Waals surface area contributed by atoms with Crippen LogP contribution in [0.5, 0.6) is 0 Å². The molecule has 0 spiro atoms. The summed E-state index contributed by atoms with van der Waals surface area (Å²) in [7, 11) is 0. The minimum Gasteiger partial charge on any atom is -0.456 e. The van der Waals surface area contributed by atoms with Crippen LogP contribution in [0.2, 0.25) is 0 Å². The second kappa shape index (κ2) is 9.06. The summed E-state index contributed by atoms with van der Waals surface area (Å²) >= 11 is 0. The molecule has 1 aromatic heterocycles. The van der Waals surface area contributed by atoms with Crippen LogP contribution in [0.3, 0.4) is 0 Å². The minimum absolute atomic E-state index is 0.0249. The summed E-state index contributed by atoms with van der Waals surface area (Å²) < 4.78 is 15.6. The Bertz CT molecular complexity index is 1470. The molecule has 176 valence electrons. The molecule has 0 atom stereocenters. The van der Waals surface area contributed by atoms with E-state index >= 15 is 0 Å². The average molecular weight is 469 g/mol. The van der Waals surface area contributed by atoms with Gasteiger partial charge in [-0.05, 0) is 44.5 Å². The van der Waals surface area contributed by atoms with Crippen LogP contribution in [-0.4, -0.2) is 23.1 Å². The van der Waals surface area contributed by atoms with E-state index in [2.05, 4.69) is 13.2 Å². The normalized spacial score (nSPS) is 11.3. The second-order valence-corrected chi connectivity index (χ2v) is 8.98. The minimum atomic E-state index is -0.773. The molecule has 4 aromatic rings. The van der Waals surface area contributed by atoms with Crippen LogP contribution in [0.1, 0.15) is 74.1 Å². The number of carbonyl (C=O) groups is 3. The first-order chi connectivity index (χ1) is 16.6. The van der Waals surface area contributed by atoms with E-state index in [0.29, 0.717) is 16.7 Å². The molecule has 0 bridgehead atoms. The van der Waals surface area contributed by atoms with E-state index in [9.17, 15) is 14.4 Å². The smallest absolute Gasteiger partial charge is 0.339 e. The molecule has 1 heterocycles. The van der Waals surface area contributed by atoms with Crippen LogP contribution < -0.4 is 0 Å². The number of ketones is 2. The third-order valence-electron chi connectivity index (χ3n) is 5.37. The van der Waals surface area contributed by atoms with Gasteiger partial charge in [0.1, 0.15) is 5.60 Å². The Labute approximate surface area is 202 Å². The monoisotopic (exact) mass is 468 g/mol. The zero-order valence-corrected chi connectivity index (χ0v) is 19.7. The molecule has 0 saturated carbocycles. The maximum Gasteiger partial charge on any atom is 0.339 e. The number of fused-ring (bicyclic) bond motifs is 1. The van der Waals surface area contributed by atoms with Gasteiger partial charge in [0, 0.05) is 22.3 Å². The first-order valence-electron chi connectivity index (χ1n) is 11.0. The maximum atomic E-state index is 13.6. The second-order valence-electron chi connectivity index (χ2n) is 8.98. The van der Waals surface area contributed by atoms with Gasteiger partial charge in [-0.3, -0.25) is 18.7 Å². The molecule has 6 heteroatoms. The van der Waals surface area contributed by atoms with Crippen molar-refractivity contribution >= 4 is 40.9 Å². The number of rotatable bonds is 7. The van der Waals surface area contributed by atoms with Gasteiger partial charge in [0.05, 0.1) is 11.1 Å². The summed E-state index contributed by atoms with van der Waals surface area (Å²) in [6.07, 6.45) is 3.26. The topological polar surface area (TPSA) is 86.7 Å². The van der Waals surface area contributed by atoms with Crippen molar-refractivity contribution in [2.24, 2.45) is 0 Å². The van der Waals surface area contributed by atoms with Crippen LogP contribution in [0.15, 0.2) is 76.9 Å². The third-order valence-corrected chi connectivity index (χ3v) is 5.37. The van der Waals surface area contributed by atoms with Crippen LogP contribution in [0.4, 0.5) is 0 Å². The summed E-state index contributed by atoms with van der Waals surface area (Å²) in [5.41, 5.74) is 2.37. The molecule has 0 amide bonds. The van der Waals surface area contributed by atoms with Crippen molar-refractivity contribution in [3.05, 3.63) is 107 Å². The van der Waals surface area contributed by atoms with E-state index in [0.717, 1.165) is 5.56 Å². The van der Waals surface area contributed by atoms with Gasteiger partial charge in [-0.2, -0.15) is 0 Å². The van der Waals surface area contributed by atoms with Crippen molar-refractivity contribution in [3.8, 4) is 0 Å². The summed E-state index contributed by atoms with van der Waals surface area (Å²) in [5, 5.41) is 0. The standard InChI is InChI=1S/C29H24O6/c1-6-17-8-10-19(11-9-17)24(30)20-13-14-21(28(32)33-29(3,4)5)23(16-20)25(31)22-15-12-18(7-2)26-27(22)35-34-26/h6-16H,1-2H2,3-5H3. The molecule has 0 fully saturated rings. The molecule has 0 aliphatic carbocycles. The van der Waals surface area contributed by atoms with Gasteiger partial charge in [0.2, 0.25) is 11.2 Å². The van der Waals surface area contributed by atoms with Crippen molar-refractivity contribution in [1.82, 2.24) is 0 Å². The van der Waals surface area contributed by atoms with E-state index in [1.54, 1.807) is 69.3 Å². The number of benzene rings is 3. The van der Waals surface area contributed by atoms with Crippen molar-refractivity contribution < 1.29 is 28.3 Å². The number of hydrogen-bond acceptors (Lipinski definition) is 6. The third kappa shape index (κ3) is 4.64. The highest BCUT2D eigenvalue weighted by molar-refractivity contribution is 6.20. The summed E-state index contributed by atoms with van der Waals surface area (Å²) in [4.78, 5) is 39.8. The highest BCUT2D eigenvalue weighted by Crippen LogP contribution is 2.30. The van der Waals surface area contributed by atoms with Gasteiger partial charge >= 0.3 is 5.97 Å². The number of carbonyl (C=O) groups excluding carboxylic acids is 3. The van der Waals surface area contributed by atoms with Gasteiger partial charge < -0.3 is 4.74 Å². The fourth-order valence-corrected chi connectivity index (χ4v) is 3.60. The molecule has 0 aliphatic rings. The number of hydrogen-bond donors (Lipinski definition) is 0. The zero-order valence-electron chi connectivity index (χ0n) is 19.7. The van der Waals surface area contributed by atoms with Crippen molar-refractivity contribution in [2.75, 3.05) is 0 Å². The zero-order chi connectivity index (χ0) is 25.3. The average Bonchev–Trinajstić information content (AvgIpc) is 2.82. The van der Waals surface area contributed by atoms with Crippen molar-refractivity contribution in [2.45, 2.75) is 26.4 Å². The molecular weight excluding hydrogens is 444 g/mol. The Balaban J connectivity index is 1.82. The SMILES string of the molecule is C=Cc1ccc(C(=O)c2ccc(C(=O)OC(C)(C)C)c(C(=O)c3ccc(C=C)c4ooc34)c2)cc1. The van der Waals surface area contributed by atoms with Crippen molar-refractivity contribution in [1.29, 1.82) is 0 Å². The van der Waals surface area contributed by atoms with Crippen LogP contribution >= 0.6 is 0 Å². The Hall–Kier alpha value is -4.45. The lowest BCUT2D eigenvalue weighted by Crippen LogP contribution is -2.25. The quantitative estimate of drug-likeness (QED) is 0.170. The lowest BCUT2D eigenvalue weighted by atomic mass is 9.92. The molecule has 0 N–H and O–H groups in total. The predicted molar refractivity (Wildman–Crippen MR) is 134 cm³/mol. The van der Waals surface area contributed by atoms with E-state index in [-0.39, 0.29) is 33.6 Å². The molecule has 0 saturated heterocycles. The molecule has 0 radical (unpaired) electrons. The van der Waals surface area contributed by atoms with E-state index in [4.69, 9.17) is 13.9 Å². The van der Waals surface area contributed by atoms with Crippen molar-refractivity contribution in [3.63, 3.8) is 0 Å². The molecule has 0 unspecified atom stereocenters.